The predicted molar refractivity (Wildman–Crippen MR) is 114 cm³/mol. The van der Waals surface area contributed by atoms with Gasteiger partial charge in [-0.1, -0.05) is 24.3 Å². The molecule has 0 spiro atoms. The lowest BCUT2D eigenvalue weighted by atomic mass is 9.88. The van der Waals surface area contributed by atoms with Gasteiger partial charge >= 0.3 is 0 Å². The van der Waals surface area contributed by atoms with Crippen LogP contribution in [0.5, 0.6) is 0 Å². The van der Waals surface area contributed by atoms with Gasteiger partial charge in [0.05, 0.1) is 12.2 Å². The van der Waals surface area contributed by atoms with Crippen LogP contribution in [0.2, 0.25) is 0 Å². The van der Waals surface area contributed by atoms with E-state index < -0.39 is 0 Å². The van der Waals surface area contributed by atoms with Gasteiger partial charge < -0.3 is 19.9 Å². The number of likely N-dealkylation sites (tertiary alicyclic amines) is 1. The number of piperidine rings is 1. The molecule has 6 heteroatoms. The number of benzene rings is 1. The van der Waals surface area contributed by atoms with E-state index in [9.17, 15) is 4.79 Å². The standard InChI is InChI=1S/C23H28N4O2/c1-29-13-12-27-16-21(20-6-3-9-25-22(20)27)23(28)26-10-7-18(8-11-26)19-5-2-4-17(14-19)15-24/h2-6,9,14,16,18H,7-8,10-13,15,24H2,1H3. The first-order valence-electron chi connectivity index (χ1n) is 10.2. The highest BCUT2D eigenvalue weighted by molar-refractivity contribution is 6.06. The minimum Gasteiger partial charge on any atom is -0.383 e. The molecule has 2 N–H and O–H groups in total. The summed E-state index contributed by atoms with van der Waals surface area (Å²) in [6, 6.07) is 12.4. The number of nitrogens with zero attached hydrogens (tertiary/aromatic N) is 3. The van der Waals surface area contributed by atoms with E-state index in [-0.39, 0.29) is 5.91 Å². The molecule has 1 amide bonds. The summed E-state index contributed by atoms with van der Waals surface area (Å²) in [5.41, 5.74) is 9.85. The average molecular weight is 393 g/mol. The third kappa shape index (κ3) is 4.04. The lowest BCUT2D eigenvalue weighted by Crippen LogP contribution is -2.37. The van der Waals surface area contributed by atoms with Crippen LogP contribution >= 0.6 is 0 Å². The molecule has 4 rings (SSSR count). The van der Waals surface area contributed by atoms with E-state index in [0.29, 0.717) is 25.6 Å². The molecule has 29 heavy (non-hydrogen) atoms. The first kappa shape index (κ1) is 19.6. The van der Waals surface area contributed by atoms with Crippen LogP contribution in [0, 0.1) is 0 Å². The van der Waals surface area contributed by atoms with Crippen LogP contribution in [0.1, 0.15) is 40.2 Å². The Morgan fingerprint density at radius 3 is 2.83 bits per heavy atom. The molecule has 0 radical (unpaired) electrons. The number of ether oxygens (including phenoxy) is 1. The first-order valence-corrected chi connectivity index (χ1v) is 10.2. The number of hydrogen-bond acceptors (Lipinski definition) is 4. The molecule has 152 valence electrons. The maximum Gasteiger partial charge on any atom is 0.256 e. The summed E-state index contributed by atoms with van der Waals surface area (Å²) < 4.78 is 7.21. The largest absolute Gasteiger partial charge is 0.383 e. The summed E-state index contributed by atoms with van der Waals surface area (Å²) in [6.45, 7) is 3.35. The third-order valence-corrected chi connectivity index (χ3v) is 5.84. The van der Waals surface area contributed by atoms with E-state index in [2.05, 4.69) is 29.2 Å². The molecule has 0 bridgehead atoms. The molecule has 3 aromatic rings. The Bertz CT molecular complexity index is 989. The number of carbonyl (C=O) groups is 1. The number of fused-ring (bicyclic) bond motifs is 1. The molecule has 1 aliphatic heterocycles. The van der Waals surface area contributed by atoms with Crippen LogP contribution in [0.3, 0.4) is 0 Å². The van der Waals surface area contributed by atoms with Crippen LogP contribution in [0.4, 0.5) is 0 Å². The van der Waals surface area contributed by atoms with Crippen molar-refractivity contribution in [1.29, 1.82) is 0 Å². The fourth-order valence-corrected chi connectivity index (χ4v) is 4.21. The number of nitrogens with two attached hydrogens (primary N) is 1. The molecular weight excluding hydrogens is 364 g/mol. The summed E-state index contributed by atoms with van der Waals surface area (Å²) in [5.74, 6) is 0.573. The lowest BCUT2D eigenvalue weighted by Gasteiger charge is -2.32. The molecule has 0 aliphatic carbocycles. The van der Waals surface area contributed by atoms with Gasteiger partial charge in [-0.25, -0.2) is 4.98 Å². The van der Waals surface area contributed by atoms with Gasteiger partial charge in [0.25, 0.3) is 5.91 Å². The second-order valence-corrected chi connectivity index (χ2v) is 7.62. The maximum atomic E-state index is 13.3. The topological polar surface area (TPSA) is 73.4 Å². The van der Waals surface area contributed by atoms with Gasteiger partial charge in [-0.15, -0.1) is 0 Å². The second kappa shape index (κ2) is 8.76. The van der Waals surface area contributed by atoms with Gasteiger partial charge in [0.2, 0.25) is 0 Å². The quantitative estimate of drug-likeness (QED) is 0.699. The lowest BCUT2D eigenvalue weighted by molar-refractivity contribution is 0.0714. The van der Waals surface area contributed by atoms with Crippen LogP contribution in [-0.2, 0) is 17.8 Å². The predicted octanol–water partition coefficient (Wildman–Crippen LogP) is 3.16. The zero-order chi connectivity index (χ0) is 20.2. The summed E-state index contributed by atoms with van der Waals surface area (Å²) >= 11 is 0. The average Bonchev–Trinajstić information content (AvgIpc) is 3.16. The fraction of sp³-hybridized carbons (Fsp3) is 0.391. The summed E-state index contributed by atoms with van der Waals surface area (Å²) in [5, 5.41) is 0.909. The Morgan fingerprint density at radius 1 is 1.24 bits per heavy atom. The molecule has 0 unspecified atom stereocenters. The minimum atomic E-state index is 0.0910. The van der Waals surface area contributed by atoms with Gasteiger partial charge in [0.1, 0.15) is 5.65 Å². The van der Waals surface area contributed by atoms with Crippen molar-refractivity contribution < 1.29 is 9.53 Å². The smallest absolute Gasteiger partial charge is 0.256 e. The van der Waals surface area contributed by atoms with Crippen molar-refractivity contribution in [2.45, 2.75) is 31.8 Å². The fourth-order valence-electron chi connectivity index (χ4n) is 4.21. The Balaban J connectivity index is 1.50. The second-order valence-electron chi connectivity index (χ2n) is 7.62. The Morgan fingerprint density at radius 2 is 2.07 bits per heavy atom. The van der Waals surface area contributed by atoms with Crippen molar-refractivity contribution in [3.8, 4) is 0 Å². The molecule has 6 nitrogen and oxygen atoms in total. The van der Waals surface area contributed by atoms with Crippen molar-refractivity contribution in [2.75, 3.05) is 26.8 Å². The zero-order valence-corrected chi connectivity index (χ0v) is 16.9. The van der Waals surface area contributed by atoms with E-state index in [1.54, 1.807) is 13.3 Å². The number of carbonyl (C=O) groups excluding carboxylic acids is 1. The van der Waals surface area contributed by atoms with E-state index >= 15 is 0 Å². The molecule has 2 aromatic heterocycles. The third-order valence-electron chi connectivity index (χ3n) is 5.84. The van der Waals surface area contributed by atoms with Gasteiger partial charge in [0.15, 0.2) is 0 Å². The van der Waals surface area contributed by atoms with Crippen molar-refractivity contribution >= 4 is 16.9 Å². The zero-order valence-electron chi connectivity index (χ0n) is 16.9. The van der Waals surface area contributed by atoms with Crippen LogP contribution in [-0.4, -0.2) is 47.2 Å². The van der Waals surface area contributed by atoms with Crippen molar-refractivity contribution in [1.82, 2.24) is 14.5 Å². The van der Waals surface area contributed by atoms with Crippen LogP contribution < -0.4 is 5.73 Å². The highest BCUT2D eigenvalue weighted by Crippen LogP contribution is 2.30. The molecule has 1 saturated heterocycles. The van der Waals surface area contributed by atoms with E-state index in [4.69, 9.17) is 10.5 Å². The normalized spacial score (nSPS) is 15.2. The molecule has 1 fully saturated rings. The van der Waals surface area contributed by atoms with Crippen molar-refractivity contribution in [3.05, 3.63) is 65.5 Å². The Kier molecular flexibility index (Phi) is 5.92. The van der Waals surface area contributed by atoms with Gasteiger partial charge in [-0.05, 0) is 42.0 Å². The van der Waals surface area contributed by atoms with E-state index in [1.165, 1.54) is 5.56 Å². The number of aromatic nitrogens is 2. The van der Waals surface area contributed by atoms with Gasteiger partial charge in [-0.3, -0.25) is 4.79 Å². The van der Waals surface area contributed by atoms with Crippen LogP contribution in [0.15, 0.2) is 48.8 Å². The highest BCUT2D eigenvalue weighted by atomic mass is 16.5. The maximum absolute atomic E-state index is 13.3. The monoisotopic (exact) mass is 392 g/mol. The number of rotatable bonds is 6. The molecule has 3 heterocycles. The highest BCUT2D eigenvalue weighted by Gasteiger charge is 2.27. The Hall–Kier alpha value is -2.70. The molecule has 1 aliphatic rings. The summed E-state index contributed by atoms with van der Waals surface area (Å²) in [6.07, 6.45) is 5.64. The number of amides is 1. The Labute approximate surface area is 171 Å². The molecule has 0 saturated carbocycles. The SMILES string of the molecule is COCCn1cc(C(=O)N2CCC(c3cccc(CN)c3)CC2)c2cccnc21. The van der Waals surface area contributed by atoms with E-state index in [1.807, 2.05) is 27.8 Å². The summed E-state index contributed by atoms with van der Waals surface area (Å²) in [7, 11) is 1.68. The van der Waals surface area contributed by atoms with Crippen LogP contribution in [0.25, 0.3) is 11.0 Å². The first-order chi connectivity index (χ1) is 14.2. The van der Waals surface area contributed by atoms with Crippen molar-refractivity contribution in [3.63, 3.8) is 0 Å². The van der Waals surface area contributed by atoms with Gasteiger partial charge in [-0.2, -0.15) is 0 Å². The molecule has 0 atom stereocenters. The minimum absolute atomic E-state index is 0.0910. The number of hydrogen-bond donors (Lipinski definition) is 1. The van der Waals surface area contributed by atoms with Gasteiger partial charge in [0, 0.05) is 51.1 Å². The van der Waals surface area contributed by atoms with E-state index in [0.717, 1.165) is 48.1 Å². The van der Waals surface area contributed by atoms with Crippen molar-refractivity contribution in [2.24, 2.45) is 5.73 Å². The molecule has 1 aromatic carbocycles. The number of methoxy groups -OCH3 is 1. The molecular formula is C23H28N4O2. The summed E-state index contributed by atoms with van der Waals surface area (Å²) in [4.78, 5) is 19.7. The number of pyridine rings is 1.